The van der Waals surface area contributed by atoms with Gasteiger partial charge in [0, 0.05) is 0 Å². The van der Waals surface area contributed by atoms with Crippen LogP contribution < -0.4 is 0 Å². The van der Waals surface area contributed by atoms with Gasteiger partial charge < -0.3 is 0 Å². The first kappa shape index (κ1) is 7.80. The predicted octanol–water partition coefficient (Wildman–Crippen LogP) is 2.41. The first-order valence-corrected chi connectivity index (χ1v) is 3.97. The molecule has 0 aromatic heterocycles. The molecule has 2 heteroatoms. The van der Waals surface area contributed by atoms with Gasteiger partial charge in [-0.3, -0.25) is 0 Å². The van der Waals surface area contributed by atoms with Crippen LogP contribution in [0.4, 0.5) is 0 Å². The van der Waals surface area contributed by atoms with Crippen molar-refractivity contribution >= 4 is 16.7 Å². The van der Waals surface area contributed by atoms with E-state index in [0.29, 0.717) is 0 Å². The molecule has 0 heterocycles. The van der Waals surface area contributed by atoms with Gasteiger partial charge >= 0.3 is 5.97 Å². The van der Waals surface area contributed by atoms with Crippen LogP contribution in [-0.2, 0) is 5.11 Å². The lowest BCUT2D eigenvalue weighted by atomic mass is 10.1. The molecule has 0 amide bonds. The molecule has 0 atom stereocenters. The Hall–Kier alpha value is -1.83. The molecule has 2 nitrogen and oxygen atoms in total. The first-order valence-electron chi connectivity index (χ1n) is 3.97. The number of carbonyl (C=O) groups excluding carboxylic acids is 1. The normalized spacial score (nSPS) is 10.2. The summed E-state index contributed by atoms with van der Waals surface area (Å²) in [6, 6.07) is 12.6. The Labute approximate surface area is 75.4 Å². The van der Waals surface area contributed by atoms with Crippen molar-refractivity contribution in [2.75, 3.05) is 0 Å². The van der Waals surface area contributed by atoms with Crippen LogP contribution in [0.2, 0.25) is 0 Å². The van der Waals surface area contributed by atoms with E-state index in [9.17, 15) is 9.90 Å². The molecule has 1 radical (unpaired) electrons. The number of hydrogen-bond donors (Lipinski definition) is 0. The fourth-order valence-corrected chi connectivity index (χ4v) is 1.32. The monoisotopic (exact) mass is 171 g/mol. The second-order valence-electron chi connectivity index (χ2n) is 2.85. The highest BCUT2D eigenvalue weighted by Crippen LogP contribution is 2.15. The van der Waals surface area contributed by atoms with Gasteiger partial charge in [-0.15, -0.1) is 0 Å². The van der Waals surface area contributed by atoms with Gasteiger partial charge in [0.15, 0.2) is 0 Å². The molecule has 0 saturated carbocycles. The summed E-state index contributed by atoms with van der Waals surface area (Å²) in [6.07, 6.45) is 0. The third-order valence-corrected chi connectivity index (χ3v) is 1.99. The number of carbonyl (C=O) groups is 1. The van der Waals surface area contributed by atoms with Gasteiger partial charge in [-0.2, -0.15) is 0 Å². The fraction of sp³-hybridized carbons (Fsp3) is 0. The molecule has 63 valence electrons. The van der Waals surface area contributed by atoms with Crippen molar-refractivity contribution in [1.29, 1.82) is 0 Å². The molecule has 13 heavy (non-hydrogen) atoms. The Kier molecular flexibility index (Phi) is 1.74. The largest absolute Gasteiger partial charge is 0.386 e. The molecule has 0 unspecified atom stereocenters. The summed E-state index contributed by atoms with van der Waals surface area (Å²) >= 11 is 0. The Balaban J connectivity index is 2.69. The van der Waals surface area contributed by atoms with E-state index < -0.39 is 5.97 Å². The van der Waals surface area contributed by atoms with Gasteiger partial charge in [0.05, 0.1) is 5.56 Å². The Bertz CT molecular complexity index is 460. The van der Waals surface area contributed by atoms with Crippen LogP contribution in [-0.4, -0.2) is 5.97 Å². The molecular formula is C11H7O2. The zero-order valence-electron chi connectivity index (χ0n) is 6.86. The Morgan fingerprint density at radius 2 is 1.62 bits per heavy atom. The summed E-state index contributed by atoms with van der Waals surface area (Å²) in [4.78, 5) is 10.5. The van der Waals surface area contributed by atoms with E-state index in [4.69, 9.17) is 0 Å². The third kappa shape index (κ3) is 1.38. The Morgan fingerprint density at radius 1 is 0.923 bits per heavy atom. The highest BCUT2D eigenvalue weighted by molar-refractivity contribution is 5.94. The molecule has 0 saturated heterocycles. The summed E-state index contributed by atoms with van der Waals surface area (Å²) in [5, 5.41) is 12.5. The molecule has 2 rings (SSSR count). The van der Waals surface area contributed by atoms with Crippen LogP contribution in [0, 0.1) is 0 Å². The summed E-state index contributed by atoms with van der Waals surface area (Å²) < 4.78 is 0. The maximum Gasteiger partial charge on any atom is 0.386 e. The minimum absolute atomic E-state index is 0.221. The first-order chi connectivity index (χ1) is 6.27. The molecular weight excluding hydrogens is 164 g/mol. The summed E-state index contributed by atoms with van der Waals surface area (Å²) in [5.41, 5.74) is 0.221. The van der Waals surface area contributed by atoms with Crippen molar-refractivity contribution < 1.29 is 9.90 Å². The minimum Gasteiger partial charge on any atom is -0.242 e. The molecule has 2 aromatic carbocycles. The van der Waals surface area contributed by atoms with Crippen LogP contribution >= 0.6 is 0 Å². The molecule has 0 N–H and O–H groups in total. The van der Waals surface area contributed by atoms with Crippen molar-refractivity contribution in [3.05, 3.63) is 48.0 Å². The maximum absolute atomic E-state index is 10.5. The fourth-order valence-electron chi connectivity index (χ4n) is 1.32. The number of fused-ring (bicyclic) bond motifs is 1. The van der Waals surface area contributed by atoms with Crippen LogP contribution in [0.3, 0.4) is 0 Å². The summed E-state index contributed by atoms with van der Waals surface area (Å²) in [5.74, 6) is -1.13. The van der Waals surface area contributed by atoms with E-state index in [2.05, 4.69) is 0 Å². The maximum atomic E-state index is 10.5. The lowest BCUT2D eigenvalue weighted by Crippen LogP contribution is -1.92. The van der Waals surface area contributed by atoms with E-state index in [1.807, 2.05) is 24.3 Å². The lowest BCUT2D eigenvalue weighted by molar-refractivity contribution is 0.0573. The third-order valence-electron chi connectivity index (χ3n) is 1.99. The second kappa shape index (κ2) is 2.90. The van der Waals surface area contributed by atoms with E-state index in [1.165, 1.54) is 0 Å². The summed E-state index contributed by atoms with van der Waals surface area (Å²) in [7, 11) is 0. The zero-order chi connectivity index (χ0) is 9.26. The number of hydrogen-bond acceptors (Lipinski definition) is 1. The van der Waals surface area contributed by atoms with Crippen molar-refractivity contribution in [2.24, 2.45) is 0 Å². The predicted molar refractivity (Wildman–Crippen MR) is 49.0 cm³/mol. The van der Waals surface area contributed by atoms with E-state index in [0.717, 1.165) is 10.8 Å². The van der Waals surface area contributed by atoms with Gasteiger partial charge in [-0.25, -0.2) is 9.90 Å². The second-order valence-corrected chi connectivity index (χ2v) is 2.85. The average Bonchev–Trinajstić information content (AvgIpc) is 2.17. The van der Waals surface area contributed by atoms with Gasteiger partial charge in [0.2, 0.25) is 0 Å². The lowest BCUT2D eigenvalue weighted by Gasteiger charge is -1.97. The molecule has 0 aliphatic carbocycles. The van der Waals surface area contributed by atoms with Gasteiger partial charge in [-0.05, 0) is 22.9 Å². The SMILES string of the molecule is [O]C(=O)c1ccc2ccccc2c1. The molecule has 2 aromatic rings. The molecule has 0 fully saturated rings. The van der Waals surface area contributed by atoms with Crippen LogP contribution in [0.25, 0.3) is 10.8 Å². The average molecular weight is 171 g/mol. The zero-order valence-corrected chi connectivity index (χ0v) is 6.86. The van der Waals surface area contributed by atoms with E-state index in [1.54, 1.807) is 18.2 Å². The van der Waals surface area contributed by atoms with Gasteiger partial charge in [0.1, 0.15) is 0 Å². The van der Waals surface area contributed by atoms with Crippen LogP contribution in [0.1, 0.15) is 10.4 Å². The van der Waals surface area contributed by atoms with Crippen molar-refractivity contribution in [3.63, 3.8) is 0 Å². The standard InChI is InChI=1S/C11H7O2/c12-11(13)10-6-5-8-3-1-2-4-9(8)7-10/h1-7H. The van der Waals surface area contributed by atoms with Crippen molar-refractivity contribution in [1.82, 2.24) is 0 Å². The smallest absolute Gasteiger partial charge is 0.242 e. The Morgan fingerprint density at radius 3 is 2.31 bits per heavy atom. The molecule has 0 spiro atoms. The highest BCUT2D eigenvalue weighted by atomic mass is 16.4. The van der Waals surface area contributed by atoms with E-state index >= 15 is 0 Å². The van der Waals surface area contributed by atoms with Crippen molar-refractivity contribution in [3.8, 4) is 0 Å². The quantitative estimate of drug-likeness (QED) is 0.649. The van der Waals surface area contributed by atoms with E-state index in [-0.39, 0.29) is 5.56 Å². The van der Waals surface area contributed by atoms with Crippen LogP contribution in [0.5, 0.6) is 0 Å². The number of rotatable bonds is 1. The molecule has 0 bridgehead atoms. The molecule has 0 aliphatic heterocycles. The minimum atomic E-state index is -1.13. The van der Waals surface area contributed by atoms with Gasteiger partial charge in [-0.1, -0.05) is 30.3 Å². The summed E-state index contributed by atoms with van der Waals surface area (Å²) in [6.45, 7) is 0. The number of benzene rings is 2. The molecule has 0 aliphatic rings. The van der Waals surface area contributed by atoms with Gasteiger partial charge in [0.25, 0.3) is 0 Å². The highest BCUT2D eigenvalue weighted by Gasteiger charge is 2.04. The van der Waals surface area contributed by atoms with Crippen LogP contribution in [0.15, 0.2) is 42.5 Å². The topological polar surface area (TPSA) is 37.0 Å². The van der Waals surface area contributed by atoms with Crippen molar-refractivity contribution in [2.45, 2.75) is 0 Å².